The van der Waals surface area contributed by atoms with Gasteiger partial charge in [-0.05, 0) is 43.3 Å². The smallest absolute Gasteiger partial charge is 0.410 e. The number of cyclic esters (lactones) is 1. The van der Waals surface area contributed by atoms with Gasteiger partial charge in [0.15, 0.2) is 14.4 Å². The maximum atomic E-state index is 12.2. The predicted octanol–water partition coefficient (Wildman–Crippen LogP) is 4.95. The van der Waals surface area contributed by atoms with E-state index in [1.165, 1.54) is 0 Å². The quantitative estimate of drug-likeness (QED) is 0.608. The Kier molecular flexibility index (Phi) is 6.63. The van der Waals surface area contributed by atoms with Crippen LogP contribution in [0, 0.1) is 0 Å². The lowest BCUT2D eigenvalue weighted by atomic mass is 10.2. The summed E-state index contributed by atoms with van der Waals surface area (Å²) in [5, 5.41) is 0.759. The molecule has 0 N–H and O–H groups in total. The molecule has 0 bridgehead atoms. The molecule has 2 atom stereocenters. The second-order valence-electron chi connectivity index (χ2n) is 8.35. The van der Waals surface area contributed by atoms with Crippen molar-refractivity contribution in [3.63, 3.8) is 0 Å². The molecular formula is C19H30ClNO4Si. The Bertz CT molecular complexity index is 632. The zero-order valence-electron chi connectivity index (χ0n) is 16.5. The van der Waals surface area contributed by atoms with Gasteiger partial charge in [0, 0.05) is 5.02 Å². The number of benzene rings is 1. The second kappa shape index (κ2) is 8.19. The van der Waals surface area contributed by atoms with Crippen LogP contribution in [-0.4, -0.2) is 51.2 Å². The van der Waals surface area contributed by atoms with Crippen LogP contribution in [0.2, 0.25) is 23.2 Å². The number of carbonyl (C=O) groups is 1. The molecule has 0 unspecified atom stereocenters. The molecule has 5 nitrogen and oxygen atoms in total. The maximum Gasteiger partial charge on any atom is 0.410 e. The zero-order chi connectivity index (χ0) is 19.5. The Labute approximate surface area is 162 Å². The Balaban J connectivity index is 1.84. The van der Waals surface area contributed by atoms with Gasteiger partial charge in [-0.15, -0.1) is 0 Å². The van der Waals surface area contributed by atoms with E-state index in [2.05, 4.69) is 33.9 Å². The van der Waals surface area contributed by atoms with Crippen molar-refractivity contribution in [3.05, 3.63) is 29.3 Å². The van der Waals surface area contributed by atoms with Gasteiger partial charge in [0.2, 0.25) is 0 Å². The van der Waals surface area contributed by atoms with Gasteiger partial charge in [-0.25, -0.2) is 4.79 Å². The first-order chi connectivity index (χ1) is 12.0. The molecule has 1 aromatic rings. The fourth-order valence-electron chi connectivity index (χ4n) is 2.37. The summed E-state index contributed by atoms with van der Waals surface area (Å²) < 4.78 is 17.4. The van der Waals surface area contributed by atoms with Crippen LogP contribution in [0.4, 0.5) is 4.79 Å². The monoisotopic (exact) mass is 399 g/mol. The minimum atomic E-state index is -1.84. The standard InChI is InChI=1S/C19H30ClNO4Si/c1-14(12-24-26(5,6)19(2,3)4)21-11-17(25-18(21)22)13-23-16-9-7-8-15(20)10-16/h7-10,14,17H,11-13H2,1-6H3/t14-,17+/m1/s1. The average Bonchev–Trinajstić information content (AvgIpc) is 2.91. The topological polar surface area (TPSA) is 48.0 Å². The van der Waals surface area contributed by atoms with Gasteiger partial charge in [0.1, 0.15) is 12.4 Å². The van der Waals surface area contributed by atoms with Crippen molar-refractivity contribution in [3.8, 4) is 5.75 Å². The van der Waals surface area contributed by atoms with Gasteiger partial charge in [0.05, 0.1) is 19.2 Å². The molecular weight excluding hydrogens is 370 g/mol. The van der Waals surface area contributed by atoms with Crippen molar-refractivity contribution < 1.29 is 18.7 Å². The van der Waals surface area contributed by atoms with E-state index in [0.717, 1.165) is 0 Å². The van der Waals surface area contributed by atoms with E-state index in [4.69, 9.17) is 25.5 Å². The second-order valence-corrected chi connectivity index (χ2v) is 13.6. The summed E-state index contributed by atoms with van der Waals surface area (Å²) in [6, 6.07) is 7.15. The lowest BCUT2D eigenvalue weighted by Gasteiger charge is -2.37. The molecule has 1 saturated heterocycles. The van der Waals surface area contributed by atoms with Crippen LogP contribution in [0.25, 0.3) is 0 Å². The summed E-state index contributed by atoms with van der Waals surface area (Å²) in [7, 11) is -1.84. The Morgan fingerprint density at radius 2 is 2.08 bits per heavy atom. The van der Waals surface area contributed by atoms with Crippen LogP contribution in [-0.2, 0) is 9.16 Å². The molecule has 0 aromatic heterocycles. The average molecular weight is 400 g/mol. The Morgan fingerprint density at radius 3 is 2.69 bits per heavy atom. The molecule has 0 aliphatic carbocycles. The molecule has 0 saturated carbocycles. The third kappa shape index (κ3) is 5.38. The van der Waals surface area contributed by atoms with E-state index in [1.807, 2.05) is 19.1 Å². The molecule has 26 heavy (non-hydrogen) atoms. The summed E-state index contributed by atoms with van der Waals surface area (Å²) in [6.07, 6.45) is -0.604. The van der Waals surface area contributed by atoms with E-state index in [-0.39, 0.29) is 23.3 Å². The number of halogens is 1. The van der Waals surface area contributed by atoms with Gasteiger partial charge >= 0.3 is 6.09 Å². The first kappa shape index (κ1) is 21.1. The van der Waals surface area contributed by atoms with Crippen molar-refractivity contribution in [1.29, 1.82) is 0 Å². The number of hydrogen-bond acceptors (Lipinski definition) is 4. The van der Waals surface area contributed by atoms with E-state index in [9.17, 15) is 4.79 Å². The van der Waals surface area contributed by atoms with Crippen LogP contribution >= 0.6 is 11.6 Å². The SMILES string of the molecule is C[C@H](CO[Si](C)(C)C(C)(C)C)N1C[C@@H](COc2cccc(Cl)c2)OC1=O. The summed E-state index contributed by atoms with van der Waals surface area (Å²) in [5.74, 6) is 0.668. The first-order valence-corrected chi connectivity index (χ1v) is 12.3. The van der Waals surface area contributed by atoms with Crippen LogP contribution in [0.1, 0.15) is 27.7 Å². The van der Waals surface area contributed by atoms with Crippen LogP contribution < -0.4 is 4.74 Å². The summed E-state index contributed by atoms with van der Waals surface area (Å²) in [4.78, 5) is 13.9. The van der Waals surface area contributed by atoms with Crippen molar-refractivity contribution in [2.45, 2.75) is 58.0 Å². The molecule has 1 aliphatic rings. The molecule has 1 fully saturated rings. The van der Waals surface area contributed by atoms with Crippen molar-refractivity contribution >= 4 is 26.0 Å². The molecule has 1 amide bonds. The van der Waals surface area contributed by atoms with Crippen LogP contribution in [0.3, 0.4) is 0 Å². The molecule has 7 heteroatoms. The van der Waals surface area contributed by atoms with Crippen molar-refractivity contribution in [2.24, 2.45) is 0 Å². The number of ether oxygens (including phenoxy) is 2. The molecule has 146 valence electrons. The van der Waals surface area contributed by atoms with E-state index < -0.39 is 8.32 Å². The van der Waals surface area contributed by atoms with E-state index in [1.54, 1.807) is 17.0 Å². The fourth-order valence-corrected chi connectivity index (χ4v) is 3.64. The fraction of sp³-hybridized carbons (Fsp3) is 0.632. The number of hydrogen-bond donors (Lipinski definition) is 0. The minimum absolute atomic E-state index is 0.0344. The number of nitrogens with zero attached hydrogens (tertiary/aromatic N) is 1. The molecule has 2 rings (SSSR count). The highest BCUT2D eigenvalue weighted by Crippen LogP contribution is 2.36. The van der Waals surface area contributed by atoms with Gasteiger partial charge in [-0.1, -0.05) is 38.4 Å². The number of rotatable bonds is 7. The van der Waals surface area contributed by atoms with E-state index >= 15 is 0 Å². The molecule has 1 aromatic carbocycles. The van der Waals surface area contributed by atoms with Gasteiger partial charge in [-0.3, -0.25) is 4.90 Å². The highest BCUT2D eigenvalue weighted by Gasteiger charge is 2.39. The lowest BCUT2D eigenvalue weighted by molar-refractivity contribution is 0.1000. The maximum absolute atomic E-state index is 12.2. The Morgan fingerprint density at radius 1 is 1.38 bits per heavy atom. The molecule has 1 heterocycles. The number of carbonyl (C=O) groups excluding carboxylic acids is 1. The highest BCUT2D eigenvalue weighted by atomic mass is 35.5. The van der Waals surface area contributed by atoms with Gasteiger partial charge in [-0.2, -0.15) is 0 Å². The highest BCUT2D eigenvalue weighted by molar-refractivity contribution is 6.74. The summed E-state index contributed by atoms with van der Waals surface area (Å²) in [6.45, 7) is 14.4. The third-order valence-electron chi connectivity index (χ3n) is 5.16. The predicted molar refractivity (Wildman–Crippen MR) is 107 cm³/mol. The van der Waals surface area contributed by atoms with Gasteiger partial charge in [0.25, 0.3) is 0 Å². The lowest BCUT2D eigenvalue weighted by Crippen LogP contribution is -2.46. The van der Waals surface area contributed by atoms with Gasteiger partial charge < -0.3 is 13.9 Å². The summed E-state index contributed by atoms with van der Waals surface area (Å²) in [5.41, 5.74) is 0. The molecule has 0 spiro atoms. The first-order valence-electron chi connectivity index (χ1n) is 8.99. The third-order valence-corrected chi connectivity index (χ3v) is 9.89. The van der Waals surface area contributed by atoms with Crippen LogP contribution in [0.15, 0.2) is 24.3 Å². The normalized spacial score (nSPS) is 19.4. The van der Waals surface area contributed by atoms with Crippen molar-refractivity contribution in [1.82, 2.24) is 4.90 Å². The zero-order valence-corrected chi connectivity index (χ0v) is 18.3. The van der Waals surface area contributed by atoms with Crippen molar-refractivity contribution in [2.75, 3.05) is 19.8 Å². The minimum Gasteiger partial charge on any atom is -0.490 e. The largest absolute Gasteiger partial charge is 0.490 e. The summed E-state index contributed by atoms with van der Waals surface area (Å²) >= 11 is 5.95. The molecule has 0 radical (unpaired) electrons. The Hall–Kier alpha value is -1.24. The molecule has 1 aliphatic heterocycles. The van der Waals surface area contributed by atoms with Crippen LogP contribution in [0.5, 0.6) is 5.75 Å². The van der Waals surface area contributed by atoms with E-state index in [0.29, 0.717) is 30.5 Å². The number of amides is 1.